The Hall–Kier alpha value is -4.26. The van der Waals surface area contributed by atoms with Crippen molar-refractivity contribution in [1.82, 2.24) is 14.9 Å². The maximum Gasteiger partial charge on any atom is 0.238 e. The number of methoxy groups -OCH3 is 2. The van der Waals surface area contributed by atoms with Gasteiger partial charge in [0, 0.05) is 29.6 Å². The minimum atomic E-state index is -2.79. The SMILES string of the molecule is COc1cc(Nc2nc3ccccc3nc2N(c2cccc(NC(=O)CN(C)C)c2)S(=O)[O-])cc(OC)c1. The van der Waals surface area contributed by atoms with Gasteiger partial charge in [-0.25, -0.2) is 9.97 Å². The van der Waals surface area contributed by atoms with Crippen LogP contribution >= 0.6 is 0 Å². The van der Waals surface area contributed by atoms with E-state index in [1.807, 2.05) is 6.07 Å². The third-order valence-corrected chi connectivity index (χ3v) is 6.01. The van der Waals surface area contributed by atoms with Gasteiger partial charge in [0.05, 0.1) is 48.8 Å². The average Bonchev–Trinajstić information content (AvgIpc) is 2.88. The van der Waals surface area contributed by atoms with Crippen LogP contribution in [0.3, 0.4) is 0 Å². The number of aromatic nitrogens is 2. The summed E-state index contributed by atoms with van der Waals surface area (Å²) in [5, 5.41) is 5.94. The van der Waals surface area contributed by atoms with Gasteiger partial charge in [0.2, 0.25) is 5.91 Å². The topological polar surface area (TPSA) is 132 Å². The number of anilines is 5. The summed E-state index contributed by atoms with van der Waals surface area (Å²) in [5.74, 6) is 1.06. The molecule has 0 radical (unpaired) electrons. The number of para-hydroxylation sites is 2. The van der Waals surface area contributed by atoms with Gasteiger partial charge in [-0.05, 0) is 44.4 Å². The molecule has 0 aliphatic heterocycles. The quantitative estimate of drug-likeness (QED) is 0.291. The molecule has 0 spiro atoms. The molecule has 1 heterocycles. The van der Waals surface area contributed by atoms with E-state index >= 15 is 0 Å². The molecular weight excluding hydrogens is 508 g/mol. The van der Waals surface area contributed by atoms with E-state index in [0.717, 1.165) is 4.31 Å². The van der Waals surface area contributed by atoms with Crippen molar-refractivity contribution in [3.63, 3.8) is 0 Å². The van der Waals surface area contributed by atoms with E-state index in [1.165, 1.54) is 14.2 Å². The fourth-order valence-corrected chi connectivity index (χ4v) is 4.26. The number of hydrogen-bond donors (Lipinski definition) is 2. The number of carbonyl (C=O) groups excluding carboxylic acids is 1. The summed E-state index contributed by atoms with van der Waals surface area (Å²) in [5.41, 5.74) is 2.31. The molecular formula is C26H27N6O5S-. The standard InChI is InChI=1S/C26H28N6O5S/c1-31(2)16-24(33)27-17-8-7-9-19(12-17)32(38(34)35)26-25(29-22-10-5-6-11-23(22)30-26)28-18-13-20(36-3)15-21(14-18)37-4/h5-15H,16H2,1-4H3,(H,27,33)(H,28,29)(H,34,35)/p-1. The number of benzene rings is 3. The summed E-state index contributed by atoms with van der Waals surface area (Å²) >= 11 is -2.79. The van der Waals surface area contributed by atoms with Crippen LogP contribution in [-0.4, -0.2) is 64.4 Å². The molecule has 0 saturated carbocycles. The summed E-state index contributed by atoms with van der Waals surface area (Å²) in [4.78, 5) is 23.3. The Morgan fingerprint density at radius 1 is 0.921 bits per heavy atom. The number of rotatable bonds is 10. The second-order valence-corrected chi connectivity index (χ2v) is 9.26. The van der Waals surface area contributed by atoms with Crippen molar-refractivity contribution in [3.8, 4) is 11.5 Å². The van der Waals surface area contributed by atoms with Gasteiger partial charge in [0.15, 0.2) is 11.6 Å². The van der Waals surface area contributed by atoms with E-state index in [9.17, 15) is 13.6 Å². The van der Waals surface area contributed by atoms with E-state index < -0.39 is 11.3 Å². The zero-order valence-corrected chi connectivity index (χ0v) is 22.1. The van der Waals surface area contributed by atoms with Crippen LogP contribution in [0.4, 0.5) is 28.7 Å². The summed E-state index contributed by atoms with van der Waals surface area (Å²) in [6.45, 7) is 0.176. The highest BCUT2D eigenvalue weighted by Crippen LogP contribution is 2.36. The predicted molar refractivity (Wildman–Crippen MR) is 147 cm³/mol. The van der Waals surface area contributed by atoms with Gasteiger partial charge in [-0.15, -0.1) is 0 Å². The Morgan fingerprint density at radius 3 is 2.18 bits per heavy atom. The van der Waals surface area contributed by atoms with Crippen molar-refractivity contribution < 1.29 is 23.0 Å². The van der Waals surface area contributed by atoms with Gasteiger partial charge >= 0.3 is 0 Å². The van der Waals surface area contributed by atoms with Gasteiger partial charge in [0.1, 0.15) is 11.5 Å². The third kappa shape index (κ3) is 6.35. The van der Waals surface area contributed by atoms with Crippen molar-refractivity contribution in [2.75, 3.05) is 49.8 Å². The van der Waals surface area contributed by atoms with Crippen LogP contribution in [0.25, 0.3) is 11.0 Å². The maximum absolute atomic E-state index is 12.6. The Labute approximate surface area is 222 Å². The fraction of sp³-hybridized carbons (Fsp3) is 0.192. The minimum Gasteiger partial charge on any atom is -0.755 e. The monoisotopic (exact) mass is 535 g/mol. The maximum atomic E-state index is 12.6. The first-order valence-electron chi connectivity index (χ1n) is 11.5. The molecule has 0 fully saturated rings. The number of amides is 1. The summed E-state index contributed by atoms with van der Waals surface area (Å²) in [6, 6.07) is 18.8. The molecule has 4 aromatic rings. The van der Waals surface area contributed by atoms with Crippen LogP contribution in [0.1, 0.15) is 0 Å². The molecule has 3 aromatic carbocycles. The number of nitrogens with one attached hydrogen (secondary N) is 2. The Kier molecular flexibility index (Phi) is 8.36. The number of nitrogens with zero attached hydrogens (tertiary/aromatic N) is 4. The average molecular weight is 536 g/mol. The highest BCUT2D eigenvalue weighted by atomic mass is 32.2. The minimum absolute atomic E-state index is 0.0376. The van der Waals surface area contributed by atoms with Gasteiger partial charge in [-0.1, -0.05) is 18.2 Å². The molecule has 38 heavy (non-hydrogen) atoms. The molecule has 2 N–H and O–H groups in total. The van der Waals surface area contributed by atoms with Gasteiger partial charge in [-0.3, -0.25) is 13.3 Å². The van der Waals surface area contributed by atoms with Crippen LogP contribution in [0.2, 0.25) is 0 Å². The molecule has 4 rings (SSSR count). The number of likely N-dealkylation sites (N-methyl/N-ethyl adjacent to an activating group) is 1. The Balaban J connectivity index is 1.81. The third-order valence-electron chi connectivity index (χ3n) is 5.33. The summed E-state index contributed by atoms with van der Waals surface area (Å²) in [6.07, 6.45) is 0. The van der Waals surface area contributed by atoms with Crippen LogP contribution in [0.15, 0.2) is 66.7 Å². The van der Waals surface area contributed by atoms with E-state index in [0.29, 0.717) is 33.9 Å². The predicted octanol–water partition coefficient (Wildman–Crippen LogP) is 3.82. The van der Waals surface area contributed by atoms with Gasteiger partial charge in [0.25, 0.3) is 0 Å². The zero-order valence-electron chi connectivity index (χ0n) is 21.3. The van der Waals surface area contributed by atoms with Crippen LogP contribution in [0.5, 0.6) is 11.5 Å². The van der Waals surface area contributed by atoms with Gasteiger partial charge in [-0.2, -0.15) is 0 Å². The second kappa shape index (κ2) is 11.9. The lowest BCUT2D eigenvalue weighted by molar-refractivity contribution is -0.116. The number of fused-ring (bicyclic) bond motifs is 1. The van der Waals surface area contributed by atoms with E-state index in [4.69, 9.17) is 9.47 Å². The smallest absolute Gasteiger partial charge is 0.238 e. The van der Waals surface area contributed by atoms with E-state index in [-0.39, 0.29) is 29.8 Å². The number of hydrogen-bond acceptors (Lipinski definition) is 9. The van der Waals surface area contributed by atoms with E-state index in [2.05, 4.69) is 20.6 Å². The lowest BCUT2D eigenvalue weighted by Crippen LogP contribution is -2.27. The van der Waals surface area contributed by atoms with Crippen LogP contribution in [0, 0.1) is 0 Å². The number of carbonyl (C=O) groups is 1. The molecule has 0 aliphatic carbocycles. The molecule has 1 unspecified atom stereocenters. The summed E-state index contributed by atoms with van der Waals surface area (Å²) in [7, 11) is 6.63. The lowest BCUT2D eigenvalue weighted by Gasteiger charge is -2.27. The first-order chi connectivity index (χ1) is 18.3. The molecule has 0 bridgehead atoms. The summed E-state index contributed by atoms with van der Waals surface area (Å²) < 4.78 is 37.0. The first kappa shape index (κ1) is 26.8. The van der Waals surface area contributed by atoms with Crippen molar-refractivity contribution in [3.05, 3.63) is 66.7 Å². The highest BCUT2D eigenvalue weighted by Gasteiger charge is 2.20. The first-order valence-corrected chi connectivity index (χ1v) is 12.5. The fourth-order valence-electron chi connectivity index (χ4n) is 3.71. The Bertz CT molecular complexity index is 1460. The lowest BCUT2D eigenvalue weighted by atomic mass is 10.2. The molecule has 1 aromatic heterocycles. The van der Waals surface area contributed by atoms with Crippen molar-refractivity contribution in [2.45, 2.75) is 0 Å². The van der Waals surface area contributed by atoms with Crippen molar-refractivity contribution in [1.29, 1.82) is 0 Å². The van der Waals surface area contributed by atoms with E-state index in [1.54, 1.807) is 79.7 Å². The molecule has 198 valence electrons. The second-order valence-electron chi connectivity index (χ2n) is 8.46. The van der Waals surface area contributed by atoms with Crippen LogP contribution in [-0.2, 0) is 16.1 Å². The molecule has 0 aliphatic rings. The molecule has 1 atom stereocenters. The van der Waals surface area contributed by atoms with Crippen molar-refractivity contribution in [2.24, 2.45) is 0 Å². The largest absolute Gasteiger partial charge is 0.755 e. The normalized spacial score (nSPS) is 11.7. The Morgan fingerprint density at radius 2 is 1.58 bits per heavy atom. The van der Waals surface area contributed by atoms with Crippen molar-refractivity contribution >= 4 is 56.9 Å². The molecule has 1 amide bonds. The van der Waals surface area contributed by atoms with Crippen LogP contribution < -0.4 is 24.4 Å². The number of ether oxygens (including phenoxy) is 2. The zero-order chi connectivity index (χ0) is 27.2. The highest BCUT2D eigenvalue weighted by molar-refractivity contribution is 7.81. The van der Waals surface area contributed by atoms with Gasteiger partial charge < -0.3 is 29.6 Å². The molecule has 11 nitrogen and oxygen atoms in total. The molecule has 12 heteroatoms. The molecule has 0 saturated heterocycles.